The maximum atomic E-state index is 11.0. The molecule has 0 amide bonds. The van der Waals surface area contributed by atoms with E-state index >= 15 is 0 Å². The highest BCUT2D eigenvalue weighted by Crippen LogP contribution is 2.14. The molecule has 0 N–H and O–H groups in total. The molecule has 0 radical (unpaired) electrons. The van der Waals surface area contributed by atoms with Gasteiger partial charge in [-0.05, 0) is 4.92 Å². The molecule has 0 aromatic carbocycles. The summed E-state index contributed by atoms with van der Waals surface area (Å²) in [6.45, 7) is 0. The third kappa shape index (κ3) is 1.87. The van der Waals surface area contributed by atoms with Crippen LogP contribution in [0.1, 0.15) is 11.7 Å². The molecule has 17 heavy (non-hydrogen) atoms. The summed E-state index contributed by atoms with van der Waals surface area (Å²) < 4.78 is 17.2. The number of nitro groups is 1. The van der Waals surface area contributed by atoms with Crippen molar-refractivity contribution in [3.8, 4) is 0 Å². The van der Waals surface area contributed by atoms with Crippen LogP contribution in [0.2, 0.25) is 0 Å². The third-order valence-corrected chi connectivity index (χ3v) is 2.59. The van der Waals surface area contributed by atoms with E-state index in [0.717, 1.165) is 6.20 Å². The number of imidazole rings is 1. The molecule has 0 bridgehead atoms. The number of aromatic nitrogens is 3. The highest BCUT2D eigenvalue weighted by Gasteiger charge is 2.24. The van der Waals surface area contributed by atoms with E-state index in [9.17, 15) is 14.3 Å². The summed E-state index contributed by atoms with van der Waals surface area (Å²) in [6, 6.07) is 0. The zero-order valence-electron chi connectivity index (χ0n) is 8.56. The molecular formula is C8H6N4O4S. The van der Waals surface area contributed by atoms with Crippen LogP contribution in [0, 0.1) is 10.1 Å². The van der Waals surface area contributed by atoms with Gasteiger partial charge in [-0.1, -0.05) is 0 Å². The molecule has 0 aliphatic heterocycles. The van der Waals surface area contributed by atoms with Gasteiger partial charge < -0.3 is 14.5 Å². The van der Waals surface area contributed by atoms with Gasteiger partial charge in [-0.2, -0.15) is 0 Å². The fraction of sp³-hybridized carbons (Fsp3) is 0.125. The lowest BCUT2D eigenvalue weighted by Gasteiger charge is -1.96. The molecule has 0 spiro atoms. The second-order valence-electron chi connectivity index (χ2n) is 3.01. The maximum absolute atomic E-state index is 11.0. The summed E-state index contributed by atoms with van der Waals surface area (Å²) in [4.78, 5) is 17.8. The van der Waals surface area contributed by atoms with Gasteiger partial charge in [0.15, 0.2) is 4.86 Å². The fourth-order valence-electron chi connectivity index (χ4n) is 1.29. The largest absolute Gasteiger partial charge is 0.444 e. The molecule has 2 aromatic rings. The third-order valence-electron chi connectivity index (χ3n) is 2.06. The average Bonchev–Trinajstić information content (AvgIpc) is 2.91. The van der Waals surface area contributed by atoms with Crippen molar-refractivity contribution >= 4 is 21.9 Å². The first-order valence-corrected chi connectivity index (χ1v) is 5.12. The fourth-order valence-corrected chi connectivity index (χ4v) is 1.72. The minimum Gasteiger partial charge on any atom is -0.444 e. The quantitative estimate of drug-likeness (QED) is 0.333. The standard InChI is InChI=1S/C8H6N4O4S/c1-11-5(12(13)14)4-10-7(11)6(17-15)8-9-2-3-16-8/h2-4H,1H3. The smallest absolute Gasteiger partial charge is 0.342 e. The number of rotatable bonds is 3. The lowest BCUT2D eigenvalue weighted by atomic mass is 10.4. The normalized spacial score (nSPS) is 10.2. The monoisotopic (exact) mass is 254 g/mol. The zero-order valence-corrected chi connectivity index (χ0v) is 9.38. The Labute approximate surface area is 98.1 Å². The van der Waals surface area contributed by atoms with Crippen molar-refractivity contribution in [1.82, 2.24) is 14.5 Å². The topological polar surface area (TPSA) is 104 Å². The lowest BCUT2D eigenvalue weighted by Crippen LogP contribution is -2.11. The van der Waals surface area contributed by atoms with Crippen LogP contribution in [-0.2, 0) is 18.3 Å². The van der Waals surface area contributed by atoms with Gasteiger partial charge in [-0.15, -0.1) is 0 Å². The van der Waals surface area contributed by atoms with Gasteiger partial charge in [0.1, 0.15) is 23.7 Å². The number of hydrogen-bond donors (Lipinski definition) is 0. The zero-order chi connectivity index (χ0) is 12.4. The van der Waals surface area contributed by atoms with E-state index < -0.39 is 4.92 Å². The van der Waals surface area contributed by atoms with E-state index in [0.29, 0.717) is 0 Å². The molecule has 0 atom stereocenters. The van der Waals surface area contributed by atoms with Crippen molar-refractivity contribution in [3.63, 3.8) is 0 Å². The predicted molar refractivity (Wildman–Crippen MR) is 57.7 cm³/mol. The first kappa shape index (κ1) is 11.2. The van der Waals surface area contributed by atoms with E-state index in [1.54, 1.807) is 0 Å². The van der Waals surface area contributed by atoms with E-state index in [2.05, 4.69) is 9.97 Å². The molecule has 0 saturated heterocycles. The molecule has 2 heterocycles. The van der Waals surface area contributed by atoms with Gasteiger partial charge in [-0.25, -0.2) is 18.7 Å². The van der Waals surface area contributed by atoms with Gasteiger partial charge in [0.05, 0.1) is 13.2 Å². The summed E-state index contributed by atoms with van der Waals surface area (Å²) >= 11 is 0.124. The molecule has 0 aliphatic carbocycles. The van der Waals surface area contributed by atoms with Crippen molar-refractivity contribution in [2.75, 3.05) is 0 Å². The highest BCUT2D eigenvalue weighted by atomic mass is 32.1. The Morgan fingerprint density at radius 3 is 2.82 bits per heavy atom. The summed E-state index contributed by atoms with van der Waals surface area (Å²) in [5.74, 6) is 0.0332. The van der Waals surface area contributed by atoms with Gasteiger partial charge >= 0.3 is 5.82 Å². The minimum atomic E-state index is -0.584. The maximum Gasteiger partial charge on any atom is 0.342 e. The molecule has 9 heteroatoms. The van der Waals surface area contributed by atoms with E-state index in [4.69, 9.17) is 4.42 Å². The summed E-state index contributed by atoms with van der Waals surface area (Å²) in [5, 5.41) is 10.6. The number of hydrogen-bond acceptors (Lipinski definition) is 6. The average molecular weight is 254 g/mol. The Bertz CT molecular complexity index is 612. The Hall–Kier alpha value is -2.29. The van der Waals surface area contributed by atoms with Crippen LogP contribution < -0.4 is 0 Å². The Balaban J connectivity index is 2.54. The number of oxazole rings is 1. The summed E-state index contributed by atoms with van der Waals surface area (Å²) in [5.41, 5.74) is 0. The second kappa shape index (κ2) is 4.29. The summed E-state index contributed by atoms with van der Waals surface area (Å²) in [6.07, 6.45) is 3.76. The van der Waals surface area contributed by atoms with Crippen molar-refractivity contribution in [2.45, 2.75) is 0 Å². The molecule has 0 fully saturated rings. The van der Waals surface area contributed by atoms with Crippen molar-refractivity contribution < 1.29 is 13.5 Å². The molecule has 8 nitrogen and oxygen atoms in total. The van der Waals surface area contributed by atoms with Gasteiger partial charge in [0, 0.05) is 0 Å². The lowest BCUT2D eigenvalue weighted by molar-refractivity contribution is -0.391. The Morgan fingerprint density at radius 1 is 1.59 bits per heavy atom. The van der Waals surface area contributed by atoms with E-state index in [-0.39, 0.29) is 33.7 Å². The molecule has 2 aromatic heterocycles. The first-order valence-electron chi connectivity index (χ1n) is 4.38. The van der Waals surface area contributed by atoms with Crippen LogP contribution in [0.5, 0.6) is 0 Å². The van der Waals surface area contributed by atoms with Crippen molar-refractivity contribution in [2.24, 2.45) is 7.05 Å². The van der Waals surface area contributed by atoms with Crippen LogP contribution in [0.4, 0.5) is 5.82 Å². The van der Waals surface area contributed by atoms with Crippen LogP contribution in [0.3, 0.4) is 0 Å². The molecule has 0 saturated carbocycles. The predicted octanol–water partition coefficient (Wildman–Crippen LogP) is 0.0981. The van der Waals surface area contributed by atoms with E-state index in [1.807, 2.05) is 0 Å². The van der Waals surface area contributed by atoms with Crippen molar-refractivity contribution in [3.05, 3.63) is 40.5 Å². The number of nitrogens with zero attached hydrogens (tertiary/aromatic N) is 4. The summed E-state index contributed by atoms with van der Waals surface area (Å²) in [7, 11) is 1.44. The second-order valence-corrected chi connectivity index (χ2v) is 3.58. The molecule has 0 aliphatic rings. The molecule has 0 unspecified atom stereocenters. The SMILES string of the molecule is Cn1c([N+](=O)[O-])cnc1C(=S=O)c1ncco1. The Morgan fingerprint density at radius 2 is 2.35 bits per heavy atom. The highest BCUT2D eigenvalue weighted by molar-refractivity contribution is 7.67. The van der Waals surface area contributed by atoms with Gasteiger partial charge in [0.25, 0.3) is 0 Å². The first-order chi connectivity index (χ1) is 8.15. The molecule has 88 valence electrons. The Kier molecular flexibility index (Phi) is 2.83. The van der Waals surface area contributed by atoms with E-state index in [1.165, 1.54) is 24.1 Å². The minimum absolute atomic E-state index is 0.0913. The van der Waals surface area contributed by atoms with Crippen LogP contribution >= 0.6 is 0 Å². The van der Waals surface area contributed by atoms with Gasteiger partial charge in [-0.3, -0.25) is 0 Å². The van der Waals surface area contributed by atoms with Crippen molar-refractivity contribution in [1.29, 1.82) is 0 Å². The molecule has 2 rings (SSSR count). The van der Waals surface area contributed by atoms with Gasteiger partial charge in [0.2, 0.25) is 11.7 Å². The van der Waals surface area contributed by atoms with Crippen LogP contribution in [-0.4, -0.2) is 28.5 Å². The molecular weight excluding hydrogens is 248 g/mol. The van der Waals surface area contributed by atoms with Crippen LogP contribution in [0.15, 0.2) is 23.1 Å². The van der Waals surface area contributed by atoms with Crippen LogP contribution in [0.25, 0.3) is 0 Å².